The summed E-state index contributed by atoms with van der Waals surface area (Å²) in [6, 6.07) is 9.44. The molecule has 0 unspecified atom stereocenters. The zero-order valence-corrected chi connectivity index (χ0v) is 10.3. The van der Waals surface area contributed by atoms with Crippen LogP contribution < -0.4 is 5.73 Å². The predicted octanol–water partition coefficient (Wildman–Crippen LogP) is 2.67. The average molecular weight is 253 g/mol. The molecule has 0 aliphatic heterocycles. The molecular formula is C14H11N3O2. The molecule has 3 rings (SSSR count). The monoisotopic (exact) mass is 253 g/mol. The van der Waals surface area contributed by atoms with Gasteiger partial charge >= 0.3 is 0 Å². The summed E-state index contributed by atoms with van der Waals surface area (Å²) in [5.41, 5.74) is 7.18. The lowest BCUT2D eigenvalue weighted by Gasteiger charge is -1.98. The Kier molecular flexibility index (Phi) is 2.52. The SMILES string of the molecule is CC(=O)c1oc(-c2ccccc2)c2c(N)ncnc12. The highest BCUT2D eigenvalue weighted by molar-refractivity contribution is 6.10. The Morgan fingerprint density at radius 2 is 1.95 bits per heavy atom. The summed E-state index contributed by atoms with van der Waals surface area (Å²) in [6.07, 6.45) is 1.33. The summed E-state index contributed by atoms with van der Waals surface area (Å²) in [5, 5.41) is 0.582. The van der Waals surface area contributed by atoms with E-state index in [2.05, 4.69) is 9.97 Å². The Morgan fingerprint density at radius 3 is 2.63 bits per heavy atom. The van der Waals surface area contributed by atoms with Crippen LogP contribution in [-0.2, 0) is 0 Å². The Labute approximate surface area is 109 Å². The van der Waals surface area contributed by atoms with Crippen molar-refractivity contribution < 1.29 is 9.21 Å². The smallest absolute Gasteiger partial charge is 0.197 e. The number of hydrogen-bond donors (Lipinski definition) is 1. The molecule has 0 bridgehead atoms. The topological polar surface area (TPSA) is 82.0 Å². The number of nitrogens with two attached hydrogens (primary N) is 1. The molecule has 0 aliphatic rings. The number of nitrogens with zero attached hydrogens (tertiary/aromatic N) is 2. The van der Waals surface area contributed by atoms with Gasteiger partial charge in [-0.2, -0.15) is 0 Å². The Morgan fingerprint density at radius 1 is 1.21 bits per heavy atom. The third-order valence-electron chi connectivity index (χ3n) is 2.88. The van der Waals surface area contributed by atoms with Crippen molar-refractivity contribution in [3.05, 3.63) is 42.4 Å². The van der Waals surface area contributed by atoms with E-state index in [0.717, 1.165) is 5.56 Å². The molecule has 0 radical (unpaired) electrons. The van der Waals surface area contributed by atoms with Gasteiger partial charge in [0.1, 0.15) is 23.4 Å². The molecule has 5 nitrogen and oxygen atoms in total. The summed E-state index contributed by atoms with van der Waals surface area (Å²) in [5.74, 6) is 0.854. The first-order valence-electron chi connectivity index (χ1n) is 5.78. The van der Waals surface area contributed by atoms with Crippen LogP contribution in [0.3, 0.4) is 0 Å². The lowest BCUT2D eigenvalue weighted by atomic mass is 10.1. The lowest BCUT2D eigenvalue weighted by molar-refractivity contribution is 0.0990. The lowest BCUT2D eigenvalue weighted by Crippen LogP contribution is -1.94. The van der Waals surface area contributed by atoms with Crippen molar-refractivity contribution in [1.29, 1.82) is 0 Å². The van der Waals surface area contributed by atoms with E-state index in [9.17, 15) is 4.79 Å². The first kappa shape index (κ1) is 11.4. The molecule has 2 heterocycles. The fourth-order valence-electron chi connectivity index (χ4n) is 2.03. The summed E-state index contributed by atoms with van der Waals surface area (Å²) in [4.78, 5) is 19.7. The maximum absolute atomic E-state index is 11.6. The third-order valence-corrected chi connectivity index (χ3v) is 2.88. The summed E-state index contributed by atoms with van der Waals surface area (Å²) in [6.45, 7) is 1.44. The molecular weight excluding hydrogens is 242 g/mol. The van der Waals surface area contributed by atoms with Crippen LogP contribution in [0.1, 0.15) is 17.5 Å². The predicted molar refractivity (Wildman–Crippen MR) is 71.7 cm³/mol. The van der Waals surface area contributed by atoms with Gasteiger partial charge in [-0.25, -0.2) is 9.97 Å². The summed E-state index contributed by atoms with van der Waals surface area (Å²) in [7, 11) is 0. The van der Waals surface area contributed by atoms with Gasteiger partial charge in [0.15, 0.2) is 11.5 Å². The highest BCUT2D eigenvalue weighted by Gasteiger charge is 2.21. The Bertz CT molecular complexity index is 763. The second-order valence-corrected chi connectivity index (χ2v) is 4.17. The van der Waals surface area contributed by atoms with Gasteiger partial charge in [-0.3, -0.25) is 4.79 Å². The van der Waals surface area contributed by atoms with Crippen LogP contribution in [-0.4, -0.2) is 15.8 Å². The zero-order chi connectivity index (χ0) is 13.4. The van der Waals surface area contributed by atoms with Gasteiger partial charge in [-0.15, -0.1) is 0 Å². The van der Waals surface area contributed by atoms with Gasteiger partial charge in [0, 0.05) is 12.5 Å². The number of aromatic nitrogens is 2. The number of Topliss-reactive ketones (excluding diaryl/α,β-unsaturated/α-hetero) is 1. The molecule has 2 aromatic heterocycles. The van der Waals surface area contributed by atoms with E-state index in [1.165, 1.54) is 13.3 Å². The third kappa shape index (κ3) is 1.76. The van der Waals surface area contributed by atoms with Crippen LogP contribution in [0, 0.1) is 0 Å². The Balaban J connectivity index is 2.40. The number of fused-ring (bicyclic) bond motifs is 1. The number of nitrogen functional groups attached to an aromatic ring is 1. The van der Waals surface area contributed by atoms with Crippen molar-refractivity contribution in [3.8, 4) is 11.3 Å². The van der Waals surface area contributed by atoms with Crippen molar-refractivity contribution in [2.24, 2.45) is 0 Å². The van der Waals surface area contributed by atoms with Gasteiger partial charge in [-0.05, 0) is 0 Å². The van der Waals surface area contributed by atoms with Gasteiger partial charge in [-0.1, -0.05) is 30.3 Å². The van der Waals surface area contributed by atoms with E-state index in [0.29, 0.717) is 22.5 Å². The minimum Gasteiger partial charge on any atom is -0.450 e. The van der Waals surface area contributed by atoms with E-state index >= 15 is 0 Å². The first-order valence-corrected chi connectivity index (χ1v) is 5.78. The maximum Gasteiger partial charge on any atom is 0.197 e. The van der Waals surface area contributed by atoms with E-state index in [4.69, 9.17) is 10.2 Å². The number of furan rings is 1. The zero-order valence-electron chi connectivity index (χ0n) is 10.3. The second kappa shape index (κ2) is 4.20. The van der Waals surface area contributed by atoms with Crippen molar-refractivity contribution in [2.45, 2.75) is 6.92 Å². The fraction of sp³-hybridized carbons (Fsp3) is 0.0714. The molecule has 0 saturated heterocycles. The Hall–Kier alpha value is -2.69. The standard InChI is InChI=1S/C14H11N3O2/c1-8(18)12-11-10(14(15)17-7-16-11)13(19-12)9-5-3-2-4-6-9/h2-7H,1H3,(H2,15,16,17). The summed E-state index contributed by atoms with van der Waals surface area (Å²) < 4.78 is 5.66. The number of anilines is 1. The molecule has 0 fully saturated rings. The number of ketones is 1. The van der Waals surface area contributed by atoms with Crippen LogP contribution in [0.4, 0.5) is 5.82 Å². The number of rotatable bonds is 2. The summed E-state index contributed by atoms with van der Waals surface area (Å²) >= 11 is 0. The van der Waals surface area contributed by atoms with Crippen LogP contribution in [0.5, 0.6) is 0 Å². The van der Waals surface area contributed by atoms with Crippen molar-refractivity contribution in [3.63, 3.8) is 0 Å². The minimum atomic E-state index is -0.190. The van der Waals surface area contributed by atoms with Crippen molar-refractivity contribution in [2.75, 3.05) is 5.73 Å². The number of hydrogen-bond acceptors (Lipinski definition) is 5. The first-order chi connectivity index (χ1) is 9.18. The number of carbonyl (C=O) groups is 1. The minimum absolute atomic E-state index is 0.190. The highest BCUT2D eigenvalue weighted by Crippen LogP contribution is 2.35. The molecule has 3 aromatic rings. The van der Waals surface area contributed by atoms with E-state index in [1.807, 2.05) is 30.3 Å². The molecule has 0 atom stereocenters. The van der Waals surface area contributed by atoms with Gasteiger partial charge in [0.2, 0.25) is 0 Å². The van der Waals surface area contributed by atoms with Gasteiger partial charge in [0.25, 0.3) is 0 Å². The normalized spacial score (nSPS) is 10.8. The van der Waals surface area contributed by atoms with Crippen molar-refractivity contribution in [1.82, 2.24) is 9.97 Å². The number of benzene rings is 1. The van der Waals surface area contributed by atoms with Crippen LogP contribution in [0.2, 0.25) is 0 Å². The molecule has 19 heavy (non-hydrogen) atoms. The molecule has 1 aromatic carbocycles. The maximum atomic E-state index is 11.6. The van der Waals surface area contributed by atoms with Gasteiger partial charge in [0.05, 0.1) is 5.39 Å². The molecule has 0 amide bonds. The van der Waals surface area contributed by atoms with Crippen LogP contribution in [0.15, 0.2) is 41.1 Å². The van der Waals surface area contributed by atoms with E-state index in [-0.39, 0.29) is 11.5 Å². The largest absolute Gasteiger partial charge is 0.450 e. The van der Waals surface area contributed by atoms with Crippen molar-refractivity contribution >= 4 is 22.5 Å². The fourth-order valence-corrected chi connectivity index (χ4v) is 2.03. The highest BCUT2D eigenvalue weighted by atomic mass is 16.3. The molecule has 0 spiro atoms. The van der Waals surface area contributed by atoms with E-state index < -0.39 is 0 Å². The second-order valence-electron chi connectivity index (χ2n) is 4.17. The molecule has 94 valence electrons. The van der Waals surface area contributed by atoms with Gasteiger partial charge < -0.3 is 10.2 Å². The number of carbonyl (C=O) groups excluding carboxylic acids is 1. The quantitative estimate of drug-likeness (QED) is 0.710. The molecule has 0 saturated carbocycles. The molecule has 2 N–H and O–H groups in total. The van der Waals surface area contributed by atoms with Crippen LogP contribution >= 0.6 is 0 Å². The molecule has 5 heteroatoms. The van der Waals surface area contributed by atoms with Crippen LogP contribution in [0.25, 0.3) is 22.2 Å². The average Bonchev–Trinajstić information content (AvgIpc) is 2.81. The molecule has 0 aliphatic carbocycles. The van der Waals surface area contributed by atoms with E-state index in [1.54, 1.807) is 0 Å².